The molecule has 1 heterocycles. The third kappa shape index (κ3) is 6.66. The molecule has 3 amide bonds. The molecule has 0 aromatic heterocycles. The Bertz CT molecular complexity index is 654. The highest BCUT2D eigenvalue weighted by atomic mass is 16.4. The molecule has 13 nitrogen and oxygen atoms in total. The predicted molar refractivity (Wildman–Crippen MR) is 95.2 cm³/mol. The zero-order valence-electron chi connectivity index (χ0n) is 15.8. The van der Waals surface area contributed by atoms with Crippen LogP contribution in [-0.2, 0) is 24.0 Å². The number of nitrogens with two attached hydrogens (primary N) is 1. The van der Waals surface area contributed by atoms with Gasteiger partial charge in [-0.05, 0) is 19.8 Å². The van der Waals surface area contributed by atoms with Crippen LogP contribution in [0, 0.1) is 0 Å². The SMILES string of the molecule is CC(O)C(NC(=O)C(N)CO)C(=O)N1CCCC1C(=O)NC(CC(=O)O)C(=O)O. The largest absolute Gasteiger partial charge is 0.481 e. The monoisotopic (exact) mass is 418 g/mol. The van der Waals surface area contributed by atoms with Gasteiger partial charge in [-0.15, -0.1) is 0 Å². The lowest BCUT2D eigenvalue weighted by Crippen LogP contribution is -2.60. The number of hydrogen-bond acceptors (Lipinski definition) is 8. The summed E-state index contributed by atoms with van der Waals surface area (Å²) in [5.41, 5.74) is 5.38. The molecule has 5 unspecified atom stereocenters. The maximum Gasteiger partial charge on any atom is 0.326 e. The van der Waals surface area contributed by atoms with Crippen molar-refractivity contribution < 1.29 is 44.4 Å². The fraction of sp³-hybridized carbons (Fsp3) is 0.688. The summed E-state index contributed by atoms with van der Waals surface area (Å²) in [4.78, 5) is 60.1. The Morgan fingerprint density at radius 1 is 1.17 bits per heavy atom. The summed E-state index contributed by atoms with van der Waals surface area (Å²) in [6.45, 7) is 0.673. The number of carbonyl (C=O) groups is 5. The first-order valence-electron chi connectivity index (χ1n) is 8.89. The molecule has 13 heteroatoms. The maximum atomic E-state index is 12.8. The second-order valence-corrected chi connectivity index (χ2v) is 6.70. The highest BCUT2D eigenvalue weighted by Gasteiger charge is 2.40. The minimum absolute atomic E-state index is 0.110. The Balaban J connectivity index is 2.93. The number of aliphatic carboxylic acids is 2. The van der Waals surface area contributed by atoms with Crippen molar-refractivity contribution in [2.24, 2.45) is 5.73 Å². The van der Waals surface area contributed by atoms with Gasteiger partial charge in [-0.2, -0.15) is 0 Å². The van der Waals surface area contributed by atoms with Crippen LogP contribution in [0.2, 0.25) is 0 Å². The quantitative estimate of drug-likeness (QED) is 0.183. The predicted octanol–water partition coefficient (Wildman–Crippen LogP) is -3.79. The van der Waals surface area contributed by atoms with Crippen molar-refractivity contribution in [3.63, 3.8) is 0 Å². The average Bonchev–Trinajstić information content (AvgIpc) is 3.13. The molecule has 0 aromatic rings. The molecule has 1 aliphatic heterocycles. The normalized spacial score (nSPS) is 20.3. The van der Waals surface area contributed by atoms with Crippen LogP contribution in [-0.4, -0.2) is 98.4 Å². The number of likely N-dealkylation sites (tertiary alicyclic amines) is 1. The van der Waals surface area contributed by atoms with E-state index in [2.05, 4.69) is 10.6 Å². The van der Waals surface area contributed by atoms with Gasteiger partial charge >= 0.3 is 11.9 Å². The van der Waals surface area contributed by atoms with Crippen molar-refractivity contribution in [2.45, 2.75) is 56.5 Å². The molecule has 0 radical (unpaired) electrons. The van der Waals surface area contributed by atoms with Gasteiger partial charge in [0.15, 0.2) is 0 Å². The smallest absolute Gasteiger partial charge is 0.326 e. The van der Waals surface area contributed by atoms with Crippen molar-refractivity contribution in [3.8, 4) is 0 Å². The maximum absolute atomic E-state index is 12.8. The number of carbonyl (C=O) groups excluding carboxylic acids is 3. The van der Waals surface area contributed by atoms with Crippen LogP contribution in [0.5, 0.6) is 0 Å². The van der Waals surface area contributed by atoms with Gasteiger partial charge in [0.1, 0.15) is 24.2 Å². The summed E-state index contributed by atoms with van der Waals surface area (Å²) in [6.07, 6.45) is -1.60. The third-order valence-electron chi connectivity index (χ3n) is 4.41. The molecule has 0 bridgehead atoms. The molecular weight excluding hydrogens is 392 g/mol. The molecule has 1 saturated heterocycles. The summed E-state index contributed by atoms with van der Waals surface area (Å²) in [5, 5.41) is 40.9. The Labute approximate surface area is 165 Å². The second kappa shape index (κ2) is 10.7. The molecular formula is C16H26N4O9. The van der Waals surface area contributed by atoms with Gasteiger partial charge in [0.25, 0.3) is 0 Å². The first-order valence-corrected chi connectivity index (χ1v) is 8.89. The van der Waals surface area contributed by atoms with Crippen LogP contribution in [0.15, 0.2) is 0 Å². The van der Waals surface area contributed by atoms with Gasteiger partial charge < -0.3 is 41.7 Å². The Kier molecular flexibility index (Phi) is 8.94. The topological polar surface area (TPSA) is 220 Å². The molecule has 8 N–H and O–H groups in total. The summed E-state index contributed by atoms with van der Waals surface area (Å²) in [5.74, 6) is -5.48. The number of nitrogens with zero attached hydrogens (tertiary/aromatic N) is 1. The van der Waals surface area contributed by atoms with Gasteiger partial charge in [0.2, 0.25) is 17.7 Å². The Morgan fingerprint density at radius 2 is 1.79 bits per heavy atom. The van der Waals surface area contributed by atoms with E-state index in [4.69, 9.17) is 21.1 Å². The van der Waals surface area contributed by atoms with Gasteiger partial charge in [0, 0.05) is 6.54 Å². The third-order valence-corrected chi connectivity index (χ3v) is 4.41. The van der Waals surface area contributed by atoms with Crippen molar-refractivity contribution in [1.82, 2.24) is 15.5 Å². The Hall–Kier alpha value is -2.77. The average molecular weight is 418 g/mol. The molecule has 29 heavy (non-hydrogen) atoms. The minimum Gasteiger partial charge on any atom is -0.481 e. The molecule has 0 aromatic carbocycles. The summed E-state index contributed by atoms with van der Waals surface area (Å²) in [6, 6.07) is -5.52. The molecule has 164 valence electrons. The van der Waals surface area contributed by atoms with Crippen molar-refractivity contribution in [3.05, 3.63) is 0 Å². The molecule has 0 aliphatic carbocycles. The van der Waals surface area contributed by atoms with E-state index in [0.29, 0.717) is 6.42 Å². The molecule has 5 atom stereocenters. The molecule has 1 rings (SSSR count). The van der Waals surface area contributed by atoms with Gasteiger partial charge in [-0.1, -0.05) is 0 Å². The van der Waals surface area contributed by atoms with E-state index in [0.717, 1.165) is 4.90 Å². The summed E-state index contributed by atoms with van der Waals surface area (Å²) >= 11 is 0. The van der Waals surface area contributed by atoms with Crippen LogP contribution in [0.4, 0.5) is 0 Å². The molecule has 1 aliphatic rings. The van der Waals surface area contributed by atoms with E-state index < -0.39 is 73.0 Å². The number of rotatable bonds is 10. The zero-order valence-corrected chi connectivity index (χ0v) is 15.8. The first-order chi connectivity index (χ1) is 13.5. The number of nitrogens with one attached hydrogen (secondary N) is 2. The van der Waals surface area contributed by atoms with E-state index in [1.54, 1.807) is 0 Å². The highest BCUT2D eigenvalue weighted by molar-refractivity contribution is 5.95. The van der Waals surface area contributed by atoms with Crippen LogP contribution in [0.3, 0.4) is 0 Å². The van der Waals surface area contributed by atoms with Crippen molar-refractivity contribution in [2.75, 3.05) is 13.2 Å². The molecule has 0 spiro atoms. The standard InChI is InChI=1S/C16H26N4O9/c1-7(22)12(19-13(25)8(17)6-21)15(27)20-4-2-3-10(20)14(26)18-9(16(28)29)5-11(23)24/h7-10,12,21-22H,2-6,17H2,1H3,(H,18,26)(H,19,25)(H,23,24)(H,28,29). The van der Waals surface area contributed by atoms with E-state index in [1.807, 2.05) is 0 Å². The first kappa shape index (κ1) is 24.3. The lowest BCUT2D eigenvalue weighted by Gasteiger charge is -2.30. The zero-order chi connectivity index (χ0) is 22.3. The second-order valence-electron chi connectivity index (χ2n) is 6.70. The number of hydrogen-bond donors (Lipinski definition) is 7. The lowest BCUT2D eigenvalue weighted by molar-refractivity contribution is -0.149. The molecule has 0 saturated carbocycles. The summed E-state index contributed by atoms with van der Waals surface area (Å²) < 4.78 is 0. The number of carboxylic acids is 2. The van der Waals surface area contributed by atoms with Crippen molar-refractivity contribution in [1.29, 1.82) is 0 Å². The van der Waals surface area contributed by atoms with E-state index >= 15 is 0 Å². The van der Waals surface area contributed by atoms with E-state index in [9.17, 15) is 29.1 Å². The molecule has 1 fully saturated rings. The number of amides is 3. The van der Waals surface area contributed by atoms with Crippen molar-refractivity contribution >= 4 is 29.7 Å². The number of carboxylic acid groups (broad SMARTS) is 2. The summed E-state index contributed by atoms with van der Waals surface area (Å²) in [7, 11) is 0. The van der Waals surface area contributed by atoms with Crippen LogP contribution in [0.25, 0.3) is 0 Å². The highest BCUT2D eigenvalue weighted by Crippen LogP contribution is 2.20. The fourth-order valence-corrected chi connectivity index (χ4v) is 2.86. The van der Waals surface area contributed by atoms with Crippen LogP contribution < -0.4 is 16.4 Å². The van der Waals surface area contributed by atoms with Gasteiger partial charge in [-0.25, -0.2) is 4.79 Å². The van der Waals surface area contributed by atoms with Gasteiger partial charge in [-0.3, -0.25) is 19.2 Å². The van der Waals surface area contributed by atoms with Gasteiger partial charge in [0.05, 0.1) is 19.1 Å². The van der Waals surface area contributed by atoms with Crippen LogP contribution >= 0.6 is 0 Å². The van der Waals surface area contributed by atoms with E-state index in [1.165, 1.54) is 6.92 Å². The lowest BCUT2D eigenvalue weighted by atomic mass is 10.1. The van der Waals surface area contributed by atoms with Crippen LogP contribution in [0.1, 0.15) is 26.2 Å². The number of aliphatic hydroxyl groups is 2. The van der Waals surface area contributed by atoms with E-state index in [-0.39, 0.29) is 13.0 Å². The Morgan fingerprint density at radius 3 is 2.28 bits per heavy atom. The fourth-order valence-electron chi connectivity index (χ4n) is 2.86. The number of aliphatic hydroxyl groups excluding tert-OH is 2. The minimum atomic E-state index is -1.67.